The van der Waals surface area contributed by atoms with Crippen LogP contribution < -0.4 is 4.90 Å². The minimum atomic E-state index is 0.637. The van der Waals surface area contributed by atoms with Crippen molar-refractivity contribution in [3.05, 3.63) is 17.1 Å². The standard InChI is InChI=1S/C11H17N5/c1-7-8(2)14-11-9(13-7)10(15(3)4)12-6-16(11)5/h6H2,1-5H3. The summed E-state index contributed by atoms with van der Waals surface area (Å²) in [5, 5.41) is 0. The molecule has 0 saturated carbocycles. The van der Waals surface area contributed by atoms with Crippen LogP contribution in [0.25, 0.3) is 0 Å². The molecule has 0 amide bonds. The van der Waals surface area contributed by atoms with E-state index in [9.17, 15) is 0 Å². The highest BCUT2D eigenvalue weighted by atomic mass is 15.3. The van der Waals surface area contributed by atoms with Crippen molar-refractivity contribution in [3.63, 3.8) is 0 Å². The number of aliphatic imine (C=N–C) groups is 1. The van der Waals surface area contributed by atoms with E-state index in [0.29, 0.717) is 6.67 Å². The number of amidine groups is 1. The lowest BCUT2D eigenvalue weighted by Crippen LogP contribution is -2.35. The first kappa shape index (κ1) is 10.9. The van der Waals surface area contributed by atoms with Crippen LogP contribution >= 0.6 is 0 Å². The molecule has 0 saturated heterocycles. The highest BCUT2D eigenvalue weighted by molar-refractivity contribution is 6.02. The third kappa shape index (κ3) is 1.62. The Hall–Kier alpha value is -1.65. The lowest BCUT2D eigenvalue weighted by molar-refractivity contribution is 0.609. The van der Waals surface area contributed by atoms with E-state index in [1.54, 1.807) is 0 Å². The molecule has 0 atom stereocenters. The second-order valence-corrected chi connectivity index (χ2v) is 4.28. The molecule has 5 heteroatoms. The van der Waals surface area contributed by atoms with Gasteiger partial charge in [0.15, 0.2) is 11.7 Å². The molecular weight excluding hydrogens is 202 g/mol. The zero-order chi connectivity index (χ0) is 11.9. The smallest absolute Gasteiger partial charge is 0.159 e. The number of aromatic nitrogens is 2. The fraction of sp³-hybridized carbons (Fsp3) is 0.545. The van der Waals surface area contributed by atoms with E-state index in [0.717, 1.165) is 28.7 Å². The van der Waals surface area contributed by atoms with Crippen LogP contribution in [0.4, 0.5) is 5.82 Å². The van der Waals surface area contributed by atoms with Crippen molar-refractivity contribution >= 4 is 11.7 Å². The first-order chi connectivity index (χ1) is 7.50. The van der Waals surface area contributed by atoms with E-state index in [-0.39, 0.29) is 0 Å². The predicted octanol–water partition coefficient (Wildman–Crippen LogP) is 0.809. The van der Waals surface area contributed by atoms with Gasteiger partial charge in [0, 0.05) is 21.1 Å². The van der Waals surface area contributed by atoms with Crippen molar-refractivity contribution in [3.8, 4) is 0 Å². The highest BCUT2D eigenvalue weighted by Crippen LogP contribution is 2.22. The van der Waals surface area contributed by atoms with Crippen molar-refractivity contribution in [2.45, 2.75) is 13.8 Å². The van der Waals surface area contributed by atoms with Crippen molar-refractivity contribution in [1.82, 2.24) is 14.9 Å². The Labute approximate surface area is 95.8 Å². The normalized spacial score (nSPS) is 14.6. The summed E-state index contributed by atoms with van der Waals surface area (Å²) >= 11 is 0. The molecule has 2 heterocycles. The number of fused-ring (bicyclic) bond motifs is 1. The summed E-state index contributed by atoms with van der Waals surface area (Å²) in [7, 11) is 5.94. The molecule has 1 aromatic rings. The van der Waals surface area contributed by atoms with Gasteiger partial charge in [0.1, 0.15) is 12.4 Å². The summed E-state index contributed by atoms with van der Waals surface area (Å²) in [4.78, 5) is 17.7. The topological polar surface area (TPSA) is 44.6 Å². The molecule has 1 aliphatic rings. The van der Waals surface area contributed by atoms with Gasteiger partial charge in [-0.2, -0.15) is 0 Å². The second kappa shape index (κ2) is 3.73. The van der Waals surface area contributed by atoms with Gasteiger partial charge in [0.25, 0.3) is 0 Å². The van der Waals surface area contributed by atoms with Gasteiger partial charge < -0.3 is 9.80 Å². The molecule has 0 radical (unpaired) electrons. The average molecular weight is 219 g/mol. The summed E-state index contributed by atoms with van der Waals surface area (Å²) in [5.41, 5.74) is 2.82. The van der Waals surface area contributed by atoms with E-state index in [4.69, 9.17) is 0 Å². The number of hydrogen-bond donors (Lipinski definition) is 0. The predicted molar refractivity (Wildman–Crippen MR) is 65.0 cm³/mol. The van der Waals surface area contributed by atoms with E-state index in [2.05, 4.69) is 15.0 Å². The lowest BCUT2D eigenvalue weighted by Gasteiger charge is -2.28. The molecule has 16 heavy (non-hydrogen) atoms. The molecule has 0 unspecified atom stereocenters. The minimum Gasteiger partial charge on any atom is -0.361 e. The molecule has 0 aliphatic carbocycles. The number of anilines is 1. The van der Waals surface area contributed by atoms with E-state index < -0.39 is 0 Å². The van der Waals surface area contributed by atoms with Crippen LogP contribution in [0.3, 0.4) is 0 Å². The maximum absolute atomic E-state index is 4.59. The molecule has 0 spiro atoms. The maximum atomic E-state index is 4.59. The Morgan fingerprint density at radius 3 is 2.38 bits per heavy atom. The van der Waals surface area contributed by atoms with E-state index >= 15 is 0 Å². The fourth-order valence-corrected chi connectivity index (χ4v) is 1.68. The summed E-state index contributed by atoms with van der Waals surface area (Å²) in [5.74, 6) is 1.82. The van der Waals surface area contributed by atoms with Crippen molar-refractivity contribution in [1.29, 1.82) is 0 Å². The summed E-state index contributed by atoms with van der Waals surface area (Å²) < 4.78 is 0. The van der Waals surface area contributed by atoms with Crippen molar-refractivity contribution in [2.75, 3.05) is 32.7 Å². The van der Waals surface area contributed by atoms with Gasteiger partial charge in [-0.05, 0) is 13.8 Å². The largest absolute Gasteiger partial charge is 0.361 e. The molecule has 2 rings (SSSR count). The molecule has 0 aromatic carbocycles. The van der Waals surface area contributed by atoms with E-state index in [1.165, 1.54) is 0 Å². The number of aryl methyl sites for hydroxylation is 2. The second-order valence-electron chi connectivity index (χ2n) is 4.28. The van der Waals surface area contributed by atoms with Gasteiger partial charge in [0.05, 0.1) is 11.4 Å². The molecule has 1 aromatic heterocycles. The average Bonchev–Trinajstić information content (AvgIpc) is 2.21. The number of hydrogen-bond acceptors (Lipinski definition) is 5. The maximum Gasteiger partial charge on any atom is 0.159 e. The van der Waals surface area contributed by atoms with Crippen LogP contribution in [-0.2, 0) is 0 Å². The van der Waals surface area contributed by atoms with Crippen LogP contribution in [0.5, 0.6) is 0 Å². The molecule has 0 fully saturated rings. The quantitative estimate of drug-likeness (QED) is 0.647. The minimum absolute atomic E-state index is 0.637. The van der Waals surface area contributed by atoms with Crippen LogP contribution in [0.15, 0.2) is 4.99 Å². The van der Waals surface area contributed by atoms with Gasteiger partial charge in [-0.25, -0.2) is 15.0 Å². The van der Waals surface area contributed by atoms with Gasteiger partial charge in [-0.1, -0.05) is 0 Å². The summed E-state index contributed by atoms with van der Waals surface area (Å²) in [6.07, 6.45) is 0. The summed E-state index contributed by atoms with van der Waals surface area (Å²) in [6, 6.07) is 0. The van der Waals surface area contributed by atoms with Gasteiger partial charge in [-0.3, -0.25) is 0 Å². The van der Waals surface area contributed by atoms with Crippen LogP contribution in [0.2, 0.25) is 0 Å². The molecule has 0 bridgehead atoms. The zero-order valence-electron chi connectivity index (χ0n) is 10.4. The van der Waals surface area contributed by atoms with Gasteiger partial charge in [-0.15, -0.1) is 0 Å². The highest BCUT2D eigenvalue weighted by Gasteiger charge is 2.22. The first-order valence-corrected chi connectivity index (χ1v) is 5.29. The molecule has 0 N–H and O–H groups in total. The summed E-state index contributed by atoms with van der Waals surface area (Å²) in [6.45, 7) is 4.60. The van der Waals surface area contributed by atoms with Crippen LogP contribution in [0, 0.1) is 13.8 Å². The van der Waals surface area contributed by atoms with Gasteiger partial charge in [0.2, 0.25) is 0 Å². The van der Waals surface area contributed by atoms with E-state index in [1.807, 2.05) is 44.8 Å². The van der Waals surface area contributed by atoms with Crippen molar-refractivity contribution in [2.24, 2.45) is 4.99 Å². The fourth-order valence-electron chi connectivity index (χ4n) is 1.68. The Morgan fingerprint density at radius 1 is 1.12 bits per heavy atom. The molecular formula is C11H17N5. The first-order valence-electron chi connectivity index (χ1n) is 5.29. The van der Waals surface area contributed by atoms with Crippen LogP contribution in [0.1, 0.15) is 17.1 Å². The van der Waals surface area contributed by atoms with Crippen LogP contribution in [-0.4, -0.2) is 48.5 Å². The third-order valence-corrected chi connectivity index (χ3v) is 2.72. The number of rotatable bonds is 0. The SMILES string of the molecule is Cc1nc2c(nc1C)N(C)CN=C2N(C)C. The zero-order valence-corrected chi connectivity index (χ0v) is 10.4. The molecule has 5 nitrogen and oxygen atoms in total. The Morgan fingerprint density at radius 2 is 1.75 bits per heavy atom. The lowest BCUT2D eigenvalue weighted by atomic mass is 10.2. The Kier molecular flexibility index (Phi) is 2.53. The Balaban J connectivity index is 2.60. The Bertz CT molecular complexity index is 450. The van der Waals surface area contributed by atoms with Gasteiger partial charge >= 0.3 is 0 Å². The molecule has 1 aliphatic heterocycles. The molecule has 86 valence electrons. The third-order valence-electron chi connectivity index (χ3n) is 2.72. The van der Waals surface area contributed by atoms with Crippen molar-refractivity contribution < 1.29 is 0 Å². The monoisotopic (exact) mass is 219 g/mol. The number of nitrogens with zero attached hydrogens (tertiary/aromatic N) is 5.